The molecule has 0 aromatic heterocycles. The highest BCUT2D eigenvalue weighted by Crippen LogP contribution is 2.55. The van der Waals surface area contributed by atoms with Crippen molar-refractivity contribution >= 4 is 5.91 Å². The summed E-state index contributed by atoms with van der Waals surface area (Å²) in [5.74, 6) is 6.46. The molecular weight excluding hydrogens is 517 g/mol. The molecule has 0 bridgehead atoms. The third-order valence-electron chi connectivity index (χ3n) is 9.36. The Morgan fingerprint density at radius 1 is 1.10 bits per heavy atom. The van der Waals surface area contributed by atoms with Gasteiger partial charge in [-0.25, -0.2) is 0 Å². The number of alkyl halides is 3. The molecule has 0 spiro atoms. The summed E-state index contributed by atoms with van der Waals surface area (Å²) in [4.78, 5) is 12.9. The first kappa shape index (κ1) is 28.5. The number of nitrogens with zero attached hydrogens (tertiary/aromatic N) is 1. The number of ether oxygens (including phenoxy) is 2. The van der Waals surface area contributed by atoms with Crippen molar-refractivity contribution < 1.29 is 31.9 Å². The minimum Gasteiger partial charge on any atom is -0.497 e. The predicted octanol–water partition coefficient (Wildman–Crippen LogP) is 5.32. The van der Waals surface area contributed by atoms with E-state index in [1.54, 1.807) is 7.11 Å². The van der Waals surface area contributed by atoms with E-state index < -0.39 is 17.6 Å². The molecule has 1 amide bonds. The second-order valence-electron chi connectivity index (χ2n) is 12.1. The van der Waals surface area contributed by atoms with Crippen LogP contribution in [0.4, 0.5) is 13.2 Å². The zero-order valence-corrected chi connectivity index (χ0v) is 23.4. The van der Waals surface area contributed by atoms with E-state index in [4.69, 9.17) is 9.47 Å². The number of piperidine rings is 1. The van der Waals surface area contributed by atoms with Crippen LogP contribution in [0.15, 0.2) is 48.5 Å². The molecule has 0 radical (unpaired) electrons. The molecule has 1 N–H and O–H groups in total. The summed E-state index contributed by atoms with van der Waals surface area (Å²) in [6.07, 6.45) is 1.43. The van der Waals surface area contributed by atoms with Crippen molar-refractivity contribution in [3.63, 3.8) is 0 Å². The van der Waals surface area contributed by atoms with E-state index in [9.17, 15) is 18.0 Å². The largest absolute Gasteiger partial charge is 0.497 e. The number of carbonyl (C=O) groups excluding carboxylic acids is 1. The summed E-state index contributed by atoms with van der Waals surface area (Å²) in [5, 5.41) is 3.10. The van der Waals surface area contributed by atoms with Crippen LogP contribution in [-0.4, -0.2) is 62.9 Å². The molecule has 1 aliphatic heterocycles. The lowest BCUT2D eigenvalue weighted by molar-refractivity contribution is -0.925. The molecule has 1 heterocycles. The Kier molecular flexibility index (Phi) is 7.66. The number of methoxy groups -OCH3 is 2. The molecule has 5 nitrogen and oxygen atoms in total. The van der Waals surface area contributed by atoms with E-state index in [-0.39, 0.29) is 17.1 Å². The first-order valence-electron chi connectivity index (χ1n) is 14.0. The maximum Gasteiger partial charge on any atom is 0.416 e. The average Bonchev–Trinajstić information content (AvgIpc) is 3.75. The Balaban J connectivity index is 1.38. The number of likely N-dealkylation sites (tertiary alicyclic amines) is 1. The van der Waals surface area contributed by atoms with Gasteiger partial charge in [-0.3, -0.25) is 4.79 Å². The number of rotatable bonds is 6. The smallest absolute Gasteiger partial charge is 0.416 e. The molecule has 2 aromatic rings. The molecule has 40 heavy (non-hydrogen) atoms. The van der Waals surface area contributed by atoms with Gasteiger partial charge in [0.25, 0.3) is 5.91 Å². The van der Waals surface area contributed by atoms with Crippen molar-refractivity contribution in [1.82, 2.24) is 5.32 Å². The number of halogens is 3. The van der Waals surface area contributed by atoms with Crippen LogP contribution in [-0.2, 0) is 21.1 Å². The summed E-state index contributed by atoms with van der Waals surface area (Å²) in [7, 11) is 5.86. The lowest BCUT2D eigenvalue weighted by atomic mass is 9.54. The maximum atomic E-state index is 12.9. The van der Waals surface area contributed by atoms with Crippen LogP contribution in [0.2, 0.25) is 0 Å². The molecule has 2 aliphatic carbocycles. The molecule has 3 aliphatic rings. The van der Waals surface area contributed by atoms with Gasteiger partial charge in [0.2, 0.25) is 0 Å². The monoisotopic (exact) mass is 555 g/mol. The second kappa shape index (κ2) is 10.8. The van der Waals surface area contributed by atoms with Gasteiger partial charge in [0, 0.05) is 42.4 Å². The van der Waals surface area contributed by atoms with Crippen molar-refractivity contribution in [2.75, 3.05) is 40.9 Å². The van der Waals surface area contributed by atoms with Crippen molar-refractivity contribution in [3.8, 4) is 17.6 Å². The minimum absolute atomic E-state index is 0.107. The van der Waals surface area contributed by atoms with Gasteiger partial charge in [-0.15, -0.1) is 0 Å². The Hall–Kier alpha value is -3.02. The molecule has 5 rings (SSSR count). The fraction of sp³-hybridized carbons (Fsp3) is 0.531. The molecule has 1 unspecified atom stereocenters. The van der Waals surface area contributed by atoms with E-state index in [2.05, 4.69) is 36.3 Å². The lowest BCUT2D eigenvalue weighted by Gasteiger charge is -2.61. The number of fused-ring (bicyclic) bond motifs is 1. The Morgan fingerprint density at radius 2 is 1.85 bits per heavy atom. The molecule has 2 aromatic carbocycles. The molecule has 214 valence electrons. The topological polar surface area (TPSA) is 47.6 Å². The Morgan fingerprint density at radius 3 is 2.50 bits per heavy atom. The van der Waals surface area contributed by atoms with Crippen molar-refractivity contribution in [2.24, 2.45) is 5.92 Å². The van der Waals surface area contributed by atoms with Crippen LogP contribution in [0.25, 0.3) is 0 Å². The highest BCUT2D eigenvalue weighted by atomic mass is 19.4. The van der Waals surface area contributed by atoms with Gasteiger partial charge < -0.3 is 19.3 Å². The standard InChI is InChI=1S/C32H37F3N2O3/c1-37(21-24-7-8-24)18-17-30(26-5-4-6-28(19-26)39-2)20-27(15-16-31(30,22-37)40-3)36-29(38)14-11-23-9-12-25(13-10-23)32(33,34)35/h4-6,9-10,12-13,19,24,27H,7-8,15-18,20-22H2,1-3H3/p+1/t27-,30-,31?,37+/m0/s1. The van der Waals surface area contributed by atoms with E-state index >= 15 is 0 Å². The summed E-state index contributed by atoms with van der Waals surface area (Å²) < 4.78 is 51.6. The zero-order chi connectivity index (χ0) is 28.6. The van der Waals surface area contributed by atoms with Crippen LogP contribution >= 0.6 is 0 Å². The Labute approximate surface area is 234 Å². The summed E-state index contributed by atoms with van der Waals surface area (Å²) in [5.41, 5.74) is 0.0935. The number of hydrogen-bond donors (Lipinski definition) is 1. The lowest BCUT2D eigenvalue weighted by Crippen LogP contribution is -2.72. The van der Waals surface area contributed by atoms with E-state index in [0.717, 1.165) is 60.6 Å². The second-order valence-corrected chi connectivity index (χ2v) is 12.1. The van der Waals surface area contributed by atoms with Crippen LogP contribution in [0.3, 0.4) is 0 Å². The third-order valence-corrected chi connectivity index (χ3v) is 9.36. The third kappa shape index (κ3) is 5.73. The average molecular weight is 556 g/mol. The van der Waals surface area contributed by atoms with Crippen molar-refractivity contribution in [2.45, 2.75) is 61.8 Å². The highest BCUT2D eigenvalue weighted by Gasteiger charge is 2.63. The number of benzene rings is 2. The molecule has 4 atom stereocenters. The van der Waals surface area contributed by atoms with Gasteiger partial charge in [0.15, 0.2) is 0 Å². The van der Waals surface area contributed by atoms with Gasteiger partial charge in [-0.2, -0.15) is 13.2 Å². The number of amides is 1. The predicted molar refractivity (Wildman–Crippen MR) is 147 cm³/mol. The molecular formula is C32H38F3N2O3+. The number of carbonyl (C=O) groups is 1. The van der Waals surface area contributed by atoms with E-state index in [1.807, 2.05) is 19.2 Å². The SMILES string of the molecule is COc1cccc([C@@]23CC[N@+](C)(CC4CC4)CC2(OC)CC[C@H](NC(=O)C#Cc2ccc(C(F)(F)F)cc2)C3)c1. The highest BCUT2D eigenvalue weighted by molar-refractivity contribution is 5.94. The molecule has 2 saturated carbocycles. The van der Waals surface area contributed by atoms with Crippen LogP contribution in [0.5, 0.6) is 5.75 Å². The normalized spacial score (nSPS) is 30.0. The number of nitrogens with one attached hydrogen (secondary N) is 1. The molecule has 8 heteroatoms. The minimum atomic E-state index is -4.41. The van der Waals surface area contributed by atoms with E-state index in [0.29, 0.717) is 12.0 Å². The summed E-state index contributed by atoms with van der Waals surface area (Å²) in [6, 6.07) is 12.6. The fourth-order valence-electron chi connectivity index (χ4n) is 7.18. The molecule has 1 saturated heterocycles. The van der Waals surface area contributed by atoms with Gasteiger partial charge in [0.05, 0.1) is 32.8 Å². The molecule has 3 fully saturated rings. The van der Waals surface area contributed by atoms with Crippen LogP contribution < -0.4 is 10.1 Å². The van der Waals surface area contributed by atoms with Gasteiger partial charge in [-0.1, -0.05) is 18.1 Å². The summed E-state index contributed by atoms with van der Waals surface area (Å²) in [6.45, 7) is 3.14. The van der Waals surface area contributed by atoms with Gasteiger partial charge in [0.1, 0.15) is 17.9 Å². The first-order chi connectivity index (χ1) is 19.0. The van der Waals surface area contributed by atoms with Gasteiger partial charge in [-0.05, 0) is 74.1 Å². The number of quaternary nitrogens is 1. The maximum absolute atomic E-state index is 12.9. The first-order valence-corrected chi connectivity index (χ1v) is 14.0. The number of hydrogen-bond acceptors (Lipinski definition) is 3. The Bertz CT molecular complexity index is 1300. The van der Waals surface area contributed by atoms with Crippen molar-refractivity contribution in [3.05, 3.63) is 65.2 Å². The van der Waals surface area contributed by atoms with E-state index in [1.165, 1.54) is 37.1 Å². The van der Waals surface area contributed by atoms with Gasteiger partial charge >= 0.3 is 6.18 Å². The van der Waals surface area contributed by atoms with Crippen LogP contribution in [0.1, 0.15) is 55.2 Å². The van der Waals surface area contributed by atoms with Crippen molar-refractivity contribution in [1.29, 1.82) is 0 Å². The zero-order valence-electron chi connectivity index (χ0n) is 23.4. The number of likely N-dealkylation sites (N-methyl/N-ethyl adjacent to an activating group) is 1. The quantitative estimate of drug-likeness (QED) is 0.388. The van der Waals surface area contributed by atoms with Crippen LogP contribution in [0, 0.1) is 17.8 Å². The fourth-order valence-corrected chi connectivity index (χ4v) is 7.18. The summed E-state index contributed by atoms with van der Waals surface area (Å²) >= 11 is 0.